The van der Waals surface area contributed by atoms with Crippen molar-refractivity contribution in [3.05, 3.63) is 69.8 Å². The van der Waals surface area contributed by atoms with Gasteiger partial charge in [-0.25, -0.2) is 4.98 Å². The van der Waals surface area contributed by atoms with E-state index in [0.717, 1.165) is 24.5 Å². The van der Waals surface area contributed by atoms with Crippen LogP contribution in [0.3, 0.4) is 0 Å². The van der Waals surface area contributed by atoms with Crippen LogP contribution < -0.4 is 15.5 Å². The summed E-state index contributed by atoms with van der Waals surface area (Å²) < 4.78 is 5.40. The molecule has 1 fully saturated rings. The van der Waals surface area contributed by atoms with Gasteiger partial charge in [0.15, 0.2) is 0 Å². The van der Waals surface area contributed by atoms with Crippen LogP contribution in [0.1, 0.15) is 16.1 Å². The molecule has 9 heteroatoms. The molecule has 2 heterocycles. The van der Waals surface area contributed by atoms with Crippen LogP contribution in [0.4, 0.5) is 23.1 Å². The van der Waals surface area contributed by atoms with Crippen LogP contribution in [0, 0.1) is 6.92 Å². The number of aromatic nitrogens is 2. The predicted octanol–water partition coefficient (Wildman–Crippen LogP) is 4.92. The number of ether oxygens (including phenoxy) is 1. The zero-order valence-corrected chi connectivity index (χ0v) is 18.4. The van der Waals surface area contributed by atoms with Crippen molar-refractivity contribution in [3.8, 4) is 0 Å². The lowest BCUT2D eigenvalue weighted by Crippen LogP contribution is -2.37. The summed E-state index contributed by atoms with van der Waals surface area (Å²) in [5.74, 6) is 1.09. The first-order chi connectivity index (χ1) is 15.0. The van der Waals surface area contributed by atoms with Crippen LogP contribution in [-0.4, -0.2) is 42.2 Å². The second-order valence-corrected chi connectivity index (χ2v) is 7.92. The molecule has 1 aliphatic heterocycles. The molecule has 3 aromatic rings. The summed E-state index contributed by atoms with van der Waals surface area (Å²) in [6.07, 6.45) is 0. The summed E-state index contributed by atoms with van der Waals surface area (Å²) >= 11 is 12.0. The van der Waals surface area contributed by atoms with Gasteiger partial charge in [0, 0.05) is 41.2 Å². The van der Waals surface area contributed by atoms with Gasteiger partial charge in [0.1, 0.15) is 5.82 Å². The summed E-state index contributed by atoms with van der Waals surface area (Å²) in [5, 5.41) is 6.91. The number of rotatable bonds is 5. The monoisotopic (exact) mass is 457 g/mol. The van der Waals surface area contributed by atoms with E-state index in [1.54, 1.807) is 30.3 Å². The Bertz CT molecular complexity index is 1090. The van der Waals surface area contributed by atoms with E-state index in [1.807, 2.05) is 25.1 Å². The summed E-state index contributed by atoms with van der Waals surface area (Å²) in [6, 6.07) is 14.0. The zero-order chi connectivity index (χ0) is 21.8. The van der Waals surface area contributed by atoms with Gasteiger partial charge in [-0.15, -0.1) is 0 Å². The number of nitrogens with zero attached hydrogens (tertiary/aromatic N) is 3. The number of carbonyl (C=O) groups excluding carboxylic acids is 1. The molecule has 0 unspecified atom stereocenters. The van der Waals surface area contributed by atoms with Gasteiger partial charge in [-0.2, -0.15) is 4.98 Å². The van der Waals surface area contributed by atoms with Crippen molar-refractivity contribution >= 4 is 52.3 Å². The maximum absolute atomic E-state index is 12.5. The Morgan fingerprint density at radius 2 is 1.71 bits per heavy atom. The van der Waals surface area contributed by atoms with Crippen LogP contribution in [0.5, 0.6) is 0 Å². The lowest BCUT2D eigenvalue weighted by atomic mass is 10.2. The lowest BCUT2D eigenvalue weighted by molar-refractivity contribution is 0.102. The normalized spacial score (nSPS) is 13.7. The molecule has 0 atom stereocenters. The highest BCUT2D eigenvalue weighted by molar-refractivity contribution is 6.37. The molecule has 2 N–H and O–H groups in total. The highest BCUT2D eigenvalue weighted by Gasteiger charge is 2.15. The van der Waals surface area contributed by atoms with Crippen LogP contribution in [-0.2, 0) is 4.74 Å². The van der Waals surface area contributed by atoms with Crippen LogP contribution in [0.25, 0.3) is 0 Å². The third-order valence-corrected chi connectivity index (χ3v) is 5.28. The minimum absolute atomic E-state index is 0.302. The molecule has 1 aliphatic rings. The van der Waals surface area contributed by atoms with Gasteiger partial charge in [0.2, 0.25) is 5.95 Å². The maximum atomic E-state index is 12.5. The molecular weight excluding hydrogens is 437 g/mol. The molecule has 0 saturated carbocycles. The standard InChI is InChI=1S/C22H21Cl2N5O2/c1-14-12-20(28-22(25-14)29-8-10-31-11-9-29)26-16-3-5-17(6-4-16)27-21(30)18-7-2-15(23)13-19(18)24/h2-7,12-13H,8-11H2,1H3,(H,27,30)(H,25,26,28). The van der Waals surface area contributed by atoms with E-state index in [-0.39, 0.29) is 5.91 Å². The highest BCUT2D eigenvalue weighted by Crippen LogP contribution is 2.24. The molecule has 1 aromatic heterocycles. The quantitative estimate of drug-likeness (QED) is 0.565. The zero-order valence-electron chi connectivity index (χ0n) is 16.9. The van der Waals surface area contributed by atoms with Gasteiger partial charge >= 0.3 is 0 Å². The minimum atomic E-state index is -0.302. The average molecular weight is 458 g/mol. The maximum Gasteiger partial charge on any atom is 0.257 e. The van der Waals surface area contributed by atoms with E-state index >= 15 is 0 Å². The highest BCUT2D eigenvalue weighted by atomic mass is 35.5. The third-order valence-electron chi connectivity index (χ3n) is 4.73. The Morgan fingerprint density at radius 3 is 2.42 bits per heavy atom. The molecule has 31 heavy (non-hydrogen) atoms. The first-order valence-electron chi connectivity index (χ1n) is 9.80. The lowest BCUT2D eigenvalue weighted by Gasteiger charge is -2.27. The molecule has 0 aliphatic carbocycles. The first-order valence-corrected chi connectivity index (χ1v) is 10.6. The molecule has 0 bridgehead atoms. The summed E-state index contributed by atoms with van der Waals surface area (Å²) in [6.45, 7) is 4.84. The van der Waals surface area contributed by atoms with E-state index in [2.05, 4.69) is 25.5 Å². The van der Waals surface area contributed by atoms with Gasteiger partial charge in [-0.05, 0) is 49.4 Å². The Labute approximate surface area is 190 Å². The van der Waals surface area contributed by atoms with Crippen LogP contribution >= 0.6 is 23.2 Å². The van der Waals surface area contributed by atoms with Crippen molar-refractivity contribution in [1.82, 2.24) is 9.97 Å². The van der Waals surface area contributed by atoms with Crippen molar-refractivity contribution in [2.75, 3.05) is 41.8 Å². The van der Waals surface area contributed by atoms with E-state index in [1.165, 1.54) is 0 Å². The van der Waals surface area contributed by atoms with E-state index < -0.39 is 0 Å². The number of morpholine rings is 1. The Balaban J connectivity index is 1.44. The van der Waals surface area contributed by atoms with E-state index in [4.69, 9.17) is 27.9 Å². The Morgan fingerprint density at radius 1 is 1.00 bits per heavy atom. The number of carbonyl (C=O) groups is 1. The summed E-state index contributed by atoms with van der Waals surface area (Å²) in [4.78, 5) is 23.7. The van der Waals surface area contributed by atoms with Crippen molar-refractivity contribution in [2.24, 2.45) is 0 Å². The predicted molar refractivity (Wildman–Crippen MR) is 124 cm³/mol. The van der Waals surface area contributed by atoms with Crippen molar-refractivity contribution in [2.45, 2.75) is 6.92 Å². The minimum Gasteiger partial charge on any atom is -0.378 e. The molecule has 160 valence electrons. The number of hydrogen-bond donors (Lipinski definition) is 2. The molecular formula is C22H21Cl2N5O2. The van der Waals surface area contributed by atoms with Crippen molar-refractivity contribution in [1.29, 1.82) is 0 Å². The van der Waals surface area contributed by atoms with E-state index in [9.17, 15) is 4.79 Å². The fourth-order valence-electron chi connectivity index (χ4n) is 3.18. The molecule has 2 aromatic carbocycles. The largest absolute Gasteiger partial charge is 0.378 e. The summed E-state index contributed by atoms with van der Waals surface area (Å²) in [5.41, 5.74) is 2.73. The van der Waals surface area contributed by atoms with E-state index in [0.29, 0.717) is 46.3 Å². The molecule has 0 spiro atoms. The number of benzene rings is 2. The van der Waals surface area contributed by atoms with Crippen LogP contribution in [0.15, 0.2) is 48.5 Å². The van der Waals surface area contributed by atoms with Crippen molar-refractivity contribution in [3.63, 3.8) is 0 Å². The SMILES string of the molecule is Cc1cc(Nc2ccc(NC(=O)c3ccc(Cl)cc3Cl)cc2)nc(N2CCOCC2)n1. The average Bonchev–Trinajstić information content (AvgIpc) is 2.75. The van der Waals surface area contributed by atoms with Crippen molar-refractivity contribution < 1.29 is 9.53 Å². The number of halogens is 2. The number of aryl methyl sites for hydroxylation is 1. The second-order valence-electron chi connectivity index (χ2n) is 7.07. The van der Waals surface area contributed by atoms with Gasteiger partial charge in [0.25, 0.3) is 5.91 Å². The fraction of sp³-hybridized carbons (Fsp3) is 0.227. The number of amides is 1. The van der Waals surface area contributed by atoms with Gasteiger partial charge in [-0.1, -0.05) is 23.2 Å². The Kier molecular flexibility index (Phi) is 6.56. The van der Waals surface area contributed by atoms with Crippen LogP contribution in [0.2, 0.25) is 10.0 Å². The molecule has 0 radical (unpaired) electrons. The molecule has 1 amide bonds. The van der Waals surface area contributed by atoms with Gasteiger partial charge in [0.05, 0.1) is 23.8 Å². The van der Waals surface area contributed by atoms with Gasteiger partial charge < -0.3 is 20.3 Å². The molecule has 1 saturated heterocycles. The number of anilines is 4. The smallest absolute Gasteiger partial charge is 0.257 e. The van der Waals surface area contributed by atoms with Gasteiger partial charge in [-0.3, -0.25) is 4.79 Å². The Hall–Kier alpha value is -2.87. The molecule has 4 rings (SSSR count). The first kappa shape index (κ1) is 21.4. The second kappa shape index (κ2) is 9.51. The number of hydrogen-bond acceptors (Lipinski definition) is 6. The third kappa shape index (κ3) is 5.44. The molecule has 7 nitrogen and oxygen atoms in total. The topological polar surface area (TPSA) is 79.4 Å². The number of nitrogens with one attached hydrogen (secondary N) is 2. The fourth-order valence-corrected chi connectivity index (χ4v) is 3.67. The summed E-state index contributed by atoms with van der Waals surface area (Å²) in [7, 11) is 0.